The number of rotatable bonds is 2. The van der Waals surface area contributed by atoms with Crippen molar-refractivity contribution in [1.29, 1.82) is 0 Å². The van der Waals surface area contributed by atoms with Crippen molar-refractivity contribution in [3.8, 4) is 22.6 Å². The van der Waals surface area contributed by atoms with Gasteiger partial charge in [-0.3, -0.25) is 4.98 Å². The van der Waals surface area contributed by atoms with Crippen molar-refractivity contribution in [3.05, 3.63) is 101 Å². The van der Waals surface area contributed by atoms with Crippen LogP contribution in [-0.4, -0.2) is 20.7 Å². The molecule has 0 radical (unpaired) electrons. The second-order valence-corrected chi connectivity index (χ2v) is 9.92. The molecule has 7 heteroatoms. The zero-order valence-corrected chi connectivity index (χ0v) is 20.3. The summed E-state index contributed by atoms with van der Waals surface area (Å²) in [4.78, 5) is 30.5. The molecular formula is C30H22F2N4O. The number of halogens is 2. The van der Waals surface area contributed by atoms with Crippen molar-refractivity contribution >= 4 is 16.7 Å². The molecule has 2 aliphatic rings. The fraction of sp³-hybridized carbons (Fsp3) is 0.233. The normalized spacial score (nSPS) is 22.7. The van der Waals surface area contributed by atoms with Crippen molar-refractivity contribution in [3.63, 3.8) is 0 Å². The van der Waals surface area contributed by atoms with E-state index in [4.69, 9.17) is 16.5 Å². The van der Waals surface area contributed by atoms with Gasteiger partial charge in [0.15, 0.2) is 11.6 Å². The van der Waals surface area contributed by atoms with Gasteiger partial charge >= 0.3 is 0 Å². The van der Waals surface area contributed by atoms with E-state index in [-0.39, 0.29) is 28.8 Å². The van der Waals surface area contributed by atoms with Crippen molar-refractivity contribution < 1.29 is 13.6 Å². The van der Waals surface area contributed by atoms with Crippen LogP contribution in [-0.2, 0) is 16.6 Å². The van der Waals surface area contributed by atoms with E-state index in [1.54, 1.807) is 42.5 Å². The Labute approximate surface area is 212 Å². The summed E-state index contributed by atoms with van der Waals surface area (Å²) in [6.45, 7) is 11.5. The Morgan fingerprint density at radius 3 is 2.62 bits per heavy atom. The lowest BCUT2D eigenvalue weighted by atomic mass is 9.58. The van der Waals surface area contributed by atoms with Crippen LogP contribution in [0.3, 0.4) is 0 Å². The summed E-state index contributed by atoms with van der Waals surface area (Å²) in [5.74, 6) is -1.11. The molecule has 0 N–H and O–H groups in total. The van der Waals surface area contributed by atoms with Crippen LogP contribution in [0, 0.1) is 30.0 Å². The lowest BCUT2D eigenvalue weighted by molar-refractivity contribution is -0.121. The molecule has 5 nitrogen and oxygen atoms in total. The van der Waals surface area contributed by atoms with Gasteiger partial charge in [0.25, 0.3) is 0 Å². The summed E-state index contributed by atoms with van der Waals surface area (Å²) in [7, 11) is 0. The highest BCUT2D eigenvalue weighted by Crippen LogP contribution is 2.51. The first kappa shape index (κ1) is 23.1. The molecule has 0 spiro atoms. The topological polar surface area (TPSA) is 60.1 Å². The number of Topliss-reactive ketones (excluding diaryl/α,β-unsaturated/α-hetero) is 1. The van der Waals surface area contributed by atoms with Gasteiger partial charge in [-0.2, -0.15) is 0 Å². The smallest absolute Gasteiger partial charge is 0.226 e. The number of carbonyl (C=O) groups excluding carboxylic acids is 1. The lowest BCUT2D eigenvalue weighted by Gasteiger charge is -2.46. The van der Waals surface area contributed by atoms with Gasteiger partial charge in [0.1, 0.15) is 17.2 Å². The summed E-state index contributed by atoms with van der Waals surface area (Å²) in [6, 6.07) is 12.9. The summed E-state index contributed by atoms with van der Waals surface area (Å²) in [5, 5.41) is 0.545. The SMILES string of the molecule is [C-]#[N+]C1=C[C@@]2(C)c3nc(-c4ccc(F)c5ncccc45)nc(-c4ccccc4F)c3CC[C@@H]2[C@@H](C)C1=O. The minimum Gasteiger partial charge on any atom is -0.308 e. The third-order valence-electron chi connectivity index (χ3n) is 7.91. The second-order valence-electron chi connectivity index (χ2n) is 9.92. The summed E-state index contributed by atoms with van der Waals surface area (Å²) < 4.78 is 29.7. The predicted molar refractivity (Wildman–Crippen MR) is 136 cm³/mol. The minimum atomic E-state index is -0.730. The van der Waals surface area contributed by atoms with Gasteiger partial charge in [0.05, 0.1) is 18.0 Å². The first-order valence-electron chi connectivity index (χ1n) is 12.2. The van der Waals surface area contributed by atoms with E-state index in [0.29, 0.717) is 46.6 Å². The predicted octanol–water partition coefficient (Wildman–Crippen LogP) is 6.48. The third-order valence-corrected chi connectivity index (χ3v) is 7.91. The summed E-state index contributed by atoms with van der Waals surface area (Å²) in [6.07, 6.45) is 4.52. The molecule has 2 aromatic carbocycles. The fourth-order valence-corrected chi connectivity index (χ4v) is 6.07. The Morgan fingerprint density at radius 1 is 1.03 bits per heavy atom. The Morgan fingerprint density at radius 2 is 1.84 bits per heavy atom. The van der Waals surface area contributed by atoms with Crippen LogP contribution >= 0.6 is 0 Å². The number of allylic oxidation sites excluding steroid dienone is 2. The number of pyridine rings is 1. The molecule has 0 amide bonds. The number of benzene rings is 2. The van der Waals surface area contributed by atoms with E-state index in [2.05, 4.69) is 9.83 Å². The highest BCUT2D eigenvalue weighted by molar-refractivity contribution is 6.00. The molecule has 2 aromatic heterocycles. The van der Waals surface area contributed by atoms with Crippen LogP contribution in [0.5, 0.6) is 0 Å². The Kier molecular flexibility index (Phi) is 5.23. The maximum atomic E-state index is 15.1. The van der Waals surface area contributed by atoms with E-state index in [1.165, 1.54) is 18.3 Å². The monoisotopic (exact) mass is 492 g/mol. The van der Waals surface area contributed by atoms with Crippen molar-refractivity contribution in [2.45, 2.75) is 32.1 Å². The van der Waals surface area contributed by atoms with E-state index >= 15 is 4.39 Å². The Hall–Kier alpha value is -4.31. The maximum absolute atomic E-state index is 15.1. The molecule has 182 valence electrons. The Balaban J connectivity index is 1.70. The molecule has 37 heavy (non-hydrogen) atoms. The number of aromatic nitrogens is 3. The lowest BCUT2D eigenvalue weighted by Crippen LogP contribution is -2.46. The number of ketones is 1. The van der Waals surface area contributed by atoms with Gasteiger partial charge in [-0.15, -0.1) is 0 Å². The van der Waals surface area contributed by atoms with Gasteiger partial charge in [-0.05, 0) is 49.1 Å². The summed E-state index contributed by atoms with van der Waals surface area (Å²) in [5.41, 5.74) is 2.45. The Bertz CT molecular complexity index is 1690. The molecule has 2 aliphatic carbocycles. The number of hydrogen-bond acceptors (Lipinski definition) is 4. The average Bonchev–Trinajstić information content (AvgIpc) is 2.91. The van der Waals surface area contributed by atoms with Crippen LogP contribution in [0.15, 0.2) is 66.5 Å². The number of carbonyl (C=O) groups is 1. The van der Waals surface area contributed by atoms with E-state index in [9.17, 15) is 9.18 Å². The molecular weight excluding hydrogens is 470 g/mol. The van der Waals surface area contributed by atoms with Crippen LogP contribution in [0.4, 0.5) is 8.78 Å². The minimum absolute atomic E-state index is 0.0687. The van der Waals surface area contributed by atoms with E-state index in [1.807, 2.05) is 13.8 Å². The van der Waals surface area contributed by atoms with Crippen molar-refractivity contribution in [1.82, 2.24) is 15.0 Å². The molecule has 4 aromatic rings. The van der Waals surface area contributed by atoms with Crippen LogP contribution in [0.1, 0.15) is 31.5 Å². The fourth-order valence-electron chi connectivity index (χ4n) is 6.07. The number of hydrogen-bond donors (Lipinski definition) is 0. The molecule has 2 heterocycles. The van der Waals surface area contributed by atoms with E-state index in [0.717, 1.165) is 5.56 Å². The van der Waals surface area contributed by atoms with Gasteiger partial charge in [-0.25, -0.2) is 23.6 Å². The molecule has 0 aliphatic heterocycles. The first-order chi connectivity index (χ1) is 17.8. The highest BCUT2D eigenvalue weighted by atomic mass is 19.1. The van der Waals surface area contributed by atoms with Gasteiger partial charge in [-0.1, -0.05) is 38.1 Å². The highest BCUT2D eigenvalue weighted by Gasteiger charge is 2.49. The second kappa shape index (κ2) is 8.38. The molecule has 0 fully saturated rings. The third kappa shape index (κ3) is 3.40. The quantitative estimate of drug-likeness (QED) is 0.301. The zero-order valence-electron chi connectivity index (χ0n) is 20.3. The van der Waals surface area contributed by atoms with Crippen molar-refractivity contribution in [2.24, 2.45) is 11.8 Å². The number of fused-ring (bicyclic) bond motifs is 4. The molecule has 0 unspecified atom stereocenters. The standard InChI is InChI=1S/C30H22F2N4O/c1-16-21-12-10-20-25(19-7-4-5-9-22(19)31)35-29(18-11-13-23(32)26-17(18)8-6-14-34-26)36-28(20)30(21,2)15-24(33-3)27(16)37/h4-9,11,13-16,21H,10,12H2,1-2H3/t16-,21-,30-/m1/s1. The average molecular weight is 493 g/mol. The molecule has 0 saturated heterocycles. The molecule has 0 bridgehead atoms. The molecule has 6 rings (SSSR count). The summed E-state index contributed by atoms with van der Waals surface area (Å²) >= 11 is 0. The van der Waals surface area contributed by atoms with Crippen molar-refractivity contribution in [2.75, 3.05) is 0 Å². The largest absolute Gasteiger partial charge is 0.308 e. The van der Waals surface area contributed by atoms with E-state index < -0.39 is 17.0 Å². The van der Waals surface area contributed by atoms with Crippen LogP contribution in [0.2, 0.25) is 0 Å². The maximum Gasteiger partial charge on any atom is 0.226 e. The zero-order chi connectivity index (χ0) is 25.9. The first-order valence-corrected chi connectivity index (χ1v) is 12.2. The van der Waals surface area contributed by atoms with Crippen LogP contribution < -0.4 is 0 Å². The van der Waals surface area contributed by atoms with Crippen LogP contribution in [0.25, 0.3) is 38.4 Å². The van der Waals surface area contributed by atoms with Gasteiger partial charge in [0, 0.05) is 39.6 Å². The number of nitrogens with zero attached hydrogens (tertiary/aromatic N) is 4. The van der Waals surface area contributed by atoms with Gasteiger partial charge in [0.2, 0.25) is 5.70 Å². The molecule has 0 saturated carbocycles. The van der Waals surface area contributed by atoms with Gasteiger partial charge < -0.3 is 4.79 Å². The molecule has 3 atom stereocenters.